The predicted molar refractivity (Wildman–Crippen MR) is 122 cm³/mol. The van der Waals surface area contributed by atoms with Gasteiger partial charge in [0.25, 0.3) is 5.91 Å². The van der Waals surface area contributed by atoms with E-state index in [1.165, 1.54) is 0 Å². The van der Waals surface area contributed by atoms with Gasteiger partial charge in [-0.1, -0.05) is 18.2 Å². The predicted octanol–water partition coefficient (Wildman–Crippen LogP) is 3.31. The maximum Gasteiger partial charge on any atom is 0.251 e. The average Bonchev–Trinajstić information content (AvgIpc) is 2.85. The standard InChI is InChI=1S/C25H32N2O5/c1-30-21-7-5-4-6-19(21)9-11-24(28)27-14-12-18(13-15-27)17-26-25(29)20-8-10-22(31-2)23(16-20)32-3/h4-8,10,16,18H,9,11-15,17H2,1-3H3,(H,26,29). The van der Waals surface area contributed by atoms with Gasteiger partial charge in [0.15, 0.2) is 11.5 Å². The highest BCUT2D eigenvalue weighted by atomic mass is 16.5. The zero-order valence-corrected chi connectivity index (χ0v) is 19.1. The van der Waals surface area contributed by atoms with E-state index in [9.17, 15) is 9.59 Å². The van der Waals surface area contributed by atoms with Gasteiger partial charge in [0.2, 0.25) is 5.91 Å². The molecular formula is C25H32N2O5. The molecule has 1 heterocycles. The molecule has 1 fully saturated rings. The van der Waals surface area contributed by atoms with Crippen LogP contribution in [0.1, 0.15) is 35.2 Å². The maximum absolute atomic E-state index is 12.6. The Balaban J connectivity index is 1.42. The summed E-state index contributed by atoms with van der Waals surface area (Å²) in [4.78, 5) is 27.1. The van der Waals surface area contributed by atoms with E-state index in [1.807, 2.05) is 29.2 Å². The van der Waals surface area contributed by atoms with Crippen molar-refractivity contribution in [2.24, 2.45) is 5.92 Å². The Bertz CT molecular complexity index is 922. The Morgan fingerprint density at radius 1 is 0.938 bits per heavy atom. The fraction of sp³-hybridized carbons (Fsp3) is 0.440. The molecule has 32 heavy (non-hydrogen) atoms. The summed E-state index contributed by atoms with van der Waals surface area (Å²) >= 11 is 0. The number of carbonyl (C=O) groups is 2. The minimum Gasteiger partial charge on any atom is -0.496 e. The minimum atomic E-state index is -0.138. The van der Waals surface area contributed by atoms with Gasteiger partial charge in [-0.2, -0.15) is 0 Å². The number of rotatable bonds is 9. The van der Waals surface area contributed by atoms with Crippen LogP contribution in [0, 0.1) is 5.92 Å². The average molecular weight is 441 g/mol. The molecule has 2 aromatic rings. The molecule has 0 aliphatic carbocycles. The topological polar surface area (TPSA) is 77.1 Å². The van der Waals surface area contributed by atoms with Gasteiger partial charge in [-0.25, -0.2) is 0 Å². The number of para-hydroxylation sites is 1. The van der Waals surface area contributed by atoms with Crippen molar-refractivity contribution >= 4 is 11.8 Å². The number of aryl methyl sites for hydroxylation is 1. The number of piperidine rings is 1. The molecule has 7 nitrogen and oxygen atoms in total. The summed E-state index contributed by atoms with van der Waals surface area (Å²) in [6.07, 6.45) is 2.91. The van der Waals surface area contributed by atoms with Crippen LogP contribution in [0.25, 0.3) is 0 Å². The van der Waals surface area contributed by atoms with Crippen LogP contribution in [0.15, 0.2) is 42.5 Å². The van der Waals surface area contributed by atoms with E-state index in [0.29, 0.717) is 42.4 Å². The second kappa shape index (κ2) is 11.4. The van der Waals surface area contributed by atoms with Crippen LogP contribution >= 0.6 is 0 Å². The molecule has 0 unspecified atom stereocenters. The van der Waals surface area contributed by atoms with Crippen molar-refractivity contribution in [1.29, 1.82) is 0 Å². The van der Waals surface area contributed by atoms with Gasteiger partial charge in [-0.3, -0.25) is 9.59 Å². The van der Waals surface area contributed by atoms with Crippen LogP contribution < -0.4 is 19.5 Å². The Morgan fingerprint density at radius 2 is 1.62 bits per heavy atom. The third-order valence-electron chi connectivity index (χ3n) is 5.96. The number of methoxy groups -OCH3 is 3. The van der Waals surface area contributed by atoms with Gasteiger partial charge < -0.3 is 24.4 Å². The second-order valence-corrected chi connectivity index (χ2v) is 7.92. The van der Waals surface area contributed by atoms with E-state index in [4.69, 9.17) is 14.2 Å². The Morgan fingerprint density at radius 3 is 2.31 bits per heavy atom. The number of hydrogen-bond acceptors (Lipinski definition) is 5. The molecule has 2 aromatic carbocycles. The third kappa shape index (κ3) is 5.93. The second-order valence-electron chi connectivity index (χ2n) is 7.92. The van der Waals surface area contributed by atoms with Crippen LogP contribution in [0.5, 0.6) is 17.2 Å². The Kier molecular flexibility index (Phi) is 8.36. The molecule has 1 saturated heterocycles. The van der Waals surface area contributed by atoms with Crippen LogP contribution in [0.4, 0.5) is 0 Å². The highest BCUT2D eigenvalue weighted by molar-refractivity contribution is 5.94. The number of ether oxygens (including phenoxy) is 3. The van der Waals surface area contributed by atoms with Crippen LogP contribution in [0.3, 0.4) is 0 Å². The zero-order chi connectivity index (χ0) is 22.9. The number of carbonyl (C=O) groups excluding carboxylic acids is 2. The van der Waals surface area contributed by atoms with Crippen LogP contribution in [-0.2, 0) is 11.2 Å². The lowest BCUT2D eigenvalue weighted by atomic mass is 9.96. The minimum absolute atomic E-state index is 0.138. The Labute approximate surface area is 189 Å². The SMILES string of the molecule is COc1ccccc1CCC(=O)N1CCC(CNC(=O)c2ccc(OC)c(OC)c2)CC1. The normalized spacial score (nSPS) is 14.0. The summed E-state index contributed by atoms with van der Waals surface area (Å²) in [6.45, 7) is 2.04. The molecule has 0 atom stereocenters. The lowest BCUT2D eigenvalue weighted by Crippen LogP contribution is -2.41. The lowest BCUT2D eigenvalue weighted by Gasteiger charge is -2.32. The number of benzene rings is 2. The first-order chi connectivity index (χ1) is 15.5. The smallest absolute Gasteiger partial charge is 0.251 e. The zero-order valence-electron chi connectivity index (χ0n) is 19.1. The first-order valence-electron chi connectivity index (χ1n) is 11.0. The molecule has 0 spiro atoms. The van der Waals surface area contributed by atoms with Gasteiger partial charge in [0.1, 0.15) is 5.75 Å². The van der Waals surface area contributed by atoms with E-state index in [0.717, 1.165) is 37.2 Å². The maximum atomic E-state index is 12.6. The number of amides is 2. The van der Waals surface area contributed by atoms with Gasteiger partial charge in [-0.15, -0.1) is 0 Å². The highest BCUT2D eigenvalue weighted by Crippen LogP contribution is 2.27. The molecule has 2 amide bonds. The molecule has 0 bridgehead atoms. The first-order valence-corrected chi connectivity index (χ1v) is 11.0. The number of nitrogens with zero attached hydrogens (tertiary/aromatic N) is 1. The van der Waals surface area contributed by atoms with Crippen molar-refractivity contribution in [1.82, 2.24) is 10.2 Å². The molecule has 0 aromatic heterocycles. The summed E-state index contributed by atoms with van der Waals surface area (Å²) in [6, 6.07) is 12.9. The van der Waals surface area contributed by atoms with Gasteiger partial charge in [0.05, 0.1) is 21.3 Å². The first kappa shape index (κ1) is 23.4. The fourth-order valence-electron chi connectivity index (χ4n) is 4.01. The highest BCUT2D eigenvalue weighted by Gasteiger charge is 2.23. The summed E-state index contributed by atoms with van der Waals surface area (Å²) in [5.41, 5.74) is 1.59. The van der Waals surface area contributed by atoms with Gasteiger partial charge in [-0.05, 0) is 55.0 Å². The number of hydrogen-bond donors (Lipinski definition) is 1. The molecule has 172 valence electrons. The van der Waals surface area contributed by atoms with E-state index in [2.05, 4.69) is 5.32 Å². The fourth-order valence-corrected chi connectivity index (χ4v) is 4.01. The largest absolute Gasteiger partial charge is 0.496 e. The molecule has 3 rings (SSSR count). The van der Waals surface area contributed by atoms with Crippen molar-refractivity contribution in [3.8, 4) is 17.2 Å². The number of nitrogens with one attached hydrogen (secondary N) is 1. The molecule has 1 N–H and O–H groups in total. The lowest BCUT2D eigenvalue weighted by molar-refractivity contribution is -0.132. The Hall–Kier alpha value is -3.22. The van der Waals surface area contributed by atoms with Crippen molar-refractivity contribution < 1.29 is 23.8 Å². The van der Waals surface area contributed by atoms with E-state index >= 15 is 0 Å². The van der Waals surface area contributed by atoms with Crippen molar-refractivity contribution in [2.45, 2.75) is 25.7 Å². The van der Waals surface area contributed by atoms with E-state index in [-0.39, 0.29) is 11.8 Å². The van der Waals surface area contributed by atoms with E-state index in [1.54, 1.807) is 39.5 Å². The number of likely N-dealkylation sites (tertiary alicyclic amines) is 1. The monoisotopic (exact) mass is 440 g/mol. The van der Waals surface area contributed by atoms with Crippen molar-refractivity contribution in [3.63, 3.8) is 0 Å². The summed E-state index contributed by atoms with van der Waals surface area (Å²) < 4.78 is 15.8. The summed E-state index contributed by atoms with van der Waals surface area (Å²) in [5, 5.41) is 3.01. The van der Waals surface area contributed by atoms with Gasteiger partial charge in [0, 0.05) is 31.6 Å². The van der Waals surface area contributed by atoms with Crippen LogP contribution in [0.2, 0.25) is 0 Å². The molecule has 1 aliphatic heterocycles. The van der Waals surface area contributed by atoms with Crippen LogP contribution in [-0.4, -0.2) is 57.7 Å². The van der Waals surface area contributed by atoms with Crippen molar-refractivity contribution in [3.05, 3.63) is 53.6 Å². The summed E-state index contributed by atoms with van der Waals surface area (Å²) in [5.74, 6) is 2.33. The molecule has 1 aliphatic rings. The molecule has 0 radical (unpaired) electrons. The molecule has 7 heteroatoms. The molecular weight excluding hydrogens is 408 g/mol. The quantitative estimate of drug-likeness (QED) is 0.647. The summed E-state index contributed by atoms with van der Waals surface area (Å²) in [7, 11) is 4.76. The van der Waals surface area contributed by atoms with E-state index < -0.39 is 0 Å². The van der Waals surface area contributed by atoms with Crippen molar-refractivity contribution in [2.75, 3.05) is 41.0 Å². The van der Waals surface area contributed by atoms with Gasteiger partial charge >= 0.3 is 0 Å². The molecule has 0 saturated carbocycles. The third-order valence-corrected chi connectivity index (χ3v) is 5.96.